The summed E-state index contributed by atoms with van der Waals surface area (Å²) in [6.07, 6.45) is 36.8. The number of carbonyl (C=O) groups is 1. The maximum atomic E-state index is 12.9. The molecule has 9 nitrogen and oxygen atoms in total. The summed E-state index contributed by atoms with van der Waals surface area (Å²) in [5, 5.41) is 54.0. The average Bonchev–Trinajstić information content (AvgIpc) is 3.16. The molecule has 1 saturated heterocycles. The molecule has 1 aliphatic heterocycles. The SMILES string of the molecule is CC/C=C\C/C=C\C/C=C\C/C=C\CCCCCCC(=O)NC(COC1OC(CO)C(O)C(O)C1O)C(O)/C=C/CCCCCCCCCCCCC. The van der Waals surface area contributed by atoms with Gasteiger partial charge in [-0.05, 0) is 57.8 Å². The first-order chi connectivity index (χ1) is 25.8. The molecule has 1 amide bonds. The zero-order valence-corrected chi connectivity index (χ0v) is 33.2. The summed E-state index contributed by atoms with van der Waals surface area (Å²) in [5.74, 6) is -0.204. The van der Waals surface area contributed by atoms with E-state index < -0.39 is 49.5 Å². The van der Waals surface area contributed by atoms with Crippen molar-refractivity contribution < 1.29 is 39.8 Å². The van der Waals surface area contributed by atoms with E-state index in [4.69, 9.17) is 9.47 Å². The lowest BCUT2D eigenvalue weighted by Gasteiger charge is -2.40. The van der Waals surface area contributed by atoms with Crippen molar-refractivity contribution in [1.29, 1.82) is 0 Å². The molecular formula is C44H77NO8. The van der Waals surface area contributed by atoms with Crippen LogP contribution in [0, 0.1) is 0 Å². The molecule has 7 atom stereocenters. The van der Waals surface area contributed by atoms with E-state index in [1.807, 2.05) is 6.08 Å². The van der Waals surface area contributed by atoms with Crippen molar-refractivity contribution in [2.24, 2.45) is 0 Å². The summed E-state index contributed by atoms with van der Waals surface area (Å²) in [6.45, 7) is 3.61. The summed E-state index contributed by atoms with van der Waals surface area (Å²) >= 11 is 0. The monoisotopic (exact) mass is 748 g/mol. The number of amides is 1. The van der Waals surface area contributed by atoms with Crippen LogP contribution in [0.25, 0.3) is 0 Å². The second kappa shape index (κ2) is 34.4. The first-order valence-electron chi connectivity index (χ1n) is 21.0. The molecule has 1 rings (SSSR count). The molecule has 0 aromatic carbocycles. The highest BCUT2D eigenvalue weighted by Gasteiger charge is 2.44. The minimum Gasteiger partial charge on any atom is -0.394 e. The van der Waals surface area contributed by atoms with E-state index in [1.165, 1.54) is 57.8 Å². The van der Waals surface area contributed by atoms with Crippen LogP contribution in [-0.4, -0.2) is 87.5 Å². The summed E-state index contributed by atoms with van der Waals surface area (Å²) < 4.78 is 11.2. The van der Waals surface area contributed by atoms with Gasteiger partial charge in [-0.3, -0.25) is 4.79 Å². The molecule has 1 heterocycles. The van der Waals surface area contributed by atoms with Gasteiger partial charge < -0.3 is 40.3 Å². The Kier molecular flexibility index (Phi) is 31.7. The van der Waals surface area contributed by atoms with Crippen LogP contribution in [0.2, 0.25) is 0 Å². The Morgan fingerprint density at radius 2 is 1.17 bits per heavy atom. The molecule has 6 N–H and O–H groups in total. The predicted octanol–water partition coefficient (Wildman–Crippen LogP) is 8.05. The zero-order valence-electron chi connectivity index (χ0n) is 33.2. The van der Waals surface area contributed by atoms with Gasteiger partial charge in [0.25, 0.3) is 0 Å². The van der Waals surface area contributed by atoms with Crippen LogP contribution in [0.3, 0.4) is 0 Å². The third-order valence-corrected chi connectivity index (χ3v) is 9.60. The van der Waals surface area contributed by atoms with Gasteiger partial charge in [0.2, 0.25) is 5.91 Å². The van der Waals surface area contributed by atoms with Gasteiger partial charge in [0.15, 0.2) is 6.29 Å². The van der Waals surface area contributed by atoms with Crippen molar-refractivity contribution in [2.75, 3.05) is 13.2 Å². The van der Waals surface area contributed by atoms with Gasteiger partial charge in [0.05, 0.1) is 25.4 Å². The molecule has 0 aliphatic carbocycles. The minimum absolute atomic E-state index is 0.201. The van der Waals surface area contributed by atoms with Crippen LogP contribution < -0.4 is 5.32 Å². The predicted molar refractivity (Wildman–Crippen MR) is 216 cm³/mol. The van der Waals surface area contributed by atoms with Crippen LogP contribution in [0.4, 0.5) is 0 Å². The highest BCUT2D eigenvalue weighted by molar-refractivity contribution is 5.76. The van der Waals surface area contributed by atoms with Crippen LogP contribution in [0.15, 0.2) is 60.8 Å². The number of rotatable bonds is 33. The first kappa shape index (κ1) is 48.9. The molecule has 0 aromatic rings. The average molecular weight is 748 g/mol. The number of allylic oxidation sites excluding steroid dienone is 9. The smallest absolute Gasteiger partial charge is 0.220 e. The van der Waals surface area contributed by atoms with E-state index in [0.717, 1.165) is 77.0 Å². The largest absolute Gasteiger partial charge is 0.394 e. The standard InChI is InChI=1S/C44H77NO8/c1-3-5-7-9-11-13-15-17-18-19-20-22-24-26-28-30-32-34-40(48)45-37(36-52-44-43(51)42(50)41(49)39(35-46)53-44)38(47)33-31-29-27-25-23-21-16-14-12-10-8-6-4-2/h5,7,11,13,17-18,20,22,31,33,37-39,41-44,46-47,49-51H,3-4,6,8-10,12,14-16,19,21,23-30,32,34-36H2,1-2H3,(H,45,48)/b7-5-,13-11-,18-17-,22-20-,33-31+. The Bertz CT molecular complexity index is 1010. The van der Waals surface area contributed by atoms with E-state index in [2.05, 4.69) is 67.8 Å². The quantitative estimate of drug-likeness (QED) is 0.0292. The Morgan fingerprint density at radius 3 is 1.74 bits per heavy atom. The third-order valence-electron chi connectivity index (χ3n) is 9.60. The number of aliphatic hydroxyl groups is 5. The second-order valence-corrected chi connectivity index (χ2v) is 14.4. The lowest BCUT2D eigenvalue weighted by atomic mass is 9.99. The summed E-state index contributed by atoms with van der Waals surface area (Å²) in [5.41, 5.74) is 0. The van der Waals surface area contributed by atoms with E-state index in [-0.39, 0.29) is 12.5 Å². The number of hydrogen-bond donors (Lipinski definition) is 6. The highest BCUT2D eigenvalue weighted by atomic mass is 16.7. The molecule has 0 bridgehead atoms. The number of hydrogen-bond acceptors (Lipinski definition) is 8. The molecule has 53 heavy (non-hydrogen) atoms. The number of ether oxygens (including phenoxy) is 2. The van der Waals surface area contributed by atoms with Crippen molar-refractivity contribution in [1.82, 2.24) is 5.32 Å². The number of aliphatic hydroxyl groups excluding tert-OH is 5. The lowest BCUT2D eigenvalue weighted by Crippen LogP contribution is -2.60. The molecule has 306 valence electrons. The number of unbranched alkanes of at least 4 members (excludes halogenated alkanes) is 15. The Labute approximate surface area is 322 Å². The normalized spacial score (nSPS) is 22.3. The van der Waals surface area contributed by atoms with Gasteiger partial charge in [-0.2, -0.15) is 0 Å². The van der Waals surface area contributed by atoms with Crippen molar-refractivity contribution >= 4 is 5.91 Å². The van der Waals surface area contributed by atoms with Crippen molar-refractivity contribution in [2.45, 2.75) is 198 Å². The first-order valence-corrected chi connectivity index (χ1v) is 21.0. The summed E-state index contributed by atoms with van der Waals surface area (Å²) in [7, 11) is 0. The molecule has 0 spiro atoms. The molecule has 9 heteroatoms. The number of nitrogens with one attached hydrogen (secondary N) is 1. The fourth-order valence-electron chi connectivity index (χ4n) is 6.20. The second-order valence-electron chi connectivity index (χ2n) is 14.4. The maximum Gasteiger partial charge on any atom is 0.220 e. The fourth-order valence-corrected chi connectivity index (χ4v) is 6.20. The Balaban J connectivity index is 2.44. The molecule has 1 fully saturated rings. The van der Waals surface area contributed by atoms with E-state index in [0.29, 0.717) is 6.42 Å². The van der Waals surface area contributed by atoms with Crippen molar-refractivity contribution in [3.8, 4) is 0 Å². The number of carbonyl (C=O) groups excluding carboxylic acids is 1. The molecule has 7 unspecified atom stereocenters. The van der Waals surface area contributed by atoms with Gasteiger partial charge in [-0.25, -0.2) is 0 Å². The van der Waals surface area contributed by atoms with Gasteiger partial charge in [-0.15, -0.1) is 0 Å². The summed E-state index contributed by atoms with van der Waals surface area (Å²) in [4.78, 5) is 12.9. The van der Waals surface area contributed by atoms with Crippen LogP contribution in [0.1, 0.15) is 155 Å². The van der Waals surface area contributed by atoms with Gasteiger partial charge in [-0.1, -0.05) is 152 Å². The molecular weight excluding hydrogens is 670 g/mol. The van der Waals surface area contributed by atoms with Crippen LogP contribution in [0.5, 0.6) is 0 Å². The van der Waals surface area contributed by atoms with Gasteiger partial charge >= 0.3 is 0 Å². The maximum absolute atomic E-state index is 12.9. The van der Waals surface area contributed by atoms with Crippen LogP contribution >= 0.6 is 0 Å². The van der Waals surface area contributed by atoms with Crippen molar-refractivity contribution in [3.63, 3.8) is 0 Å². The van der Waals surface area contributed by atoms with E-state index in [9.17, 15) is 30.3 Å². The van der Waals surface area contributed by atoms with Crippen LogP contribution in [-0.2, 0) is 14.3 Å². The summed E-state index contributed by atoms with van der Waals surface area (Å²) in [6, 6.07) is -0.818. The van der Waals surface area contributed by atoms with Crippen molar-refractivity contribution in [3.05, 3.63) is 60.8 Å². The minimum atomic E-state index is -1.57. The Hall–Kier alpha value is -2.11. The van der Waals surface area contributed by atoms with E-state index in [1.54, 1.807) is 6.08 Å². The fraction of sp³-hybridized carbons (Fsp3) is 0.750. The van der Waals surface area contributed by atoms with Gasteiger partial charge in [0.1, 0.15) is 24.4 Å². The Morgan fingerprint density at radius 1 is 0.660 bits per heavy atom. The van der Waals surface area contributed by atoms with Gasteiger partial charge in [0, 0.05) is 6.42 Å². The lowest BCUT2D eigenvalue weighted by molar-refractivity contribution is -0.302. The molecule has 0 aromatic heterocycles. The third kappa shape index (κ3) is 25.6. The van der Waals surface area contributed by atoms with E-state index >= 15 is 0 Å². The molecule has 0 radical (unpaired) electrons. The highest BCUT2D eigenvalue weighted by Crippen LogP contribution is 2.22. The topological polar surface area (TPSA) is 149 Å². The molecule has 1 aliphatic rings. The molecule has 0 saturated carbocycles. The zero-order chi connectivity index (χ0) is 38.8.